The monoisotopic (exact) mass is 646 g/mol. The molecule has 2 unspecified atom stereocenters. The Hall–Kier alpha value is -2.12. The van der Waals surface area contributed by atoms with Gasteiger partial charge in [-0.25, -0.2) is 0 Å². The summed E-state index contributed by atoms with van der Waals surface area (Å²) in [5.41, 5.74) is 2.45. The van der Waals surface area contributed by atoms with Crippen molar-refractivity contribution in [2.75, 3.05) is 19.6 Å². The van der Waals surface area contributed by atoms with E-state index in [4.69, 9.17) is 9.47 Å². The first-order valence-corrected chi connectivity index (χ1v) is 19.7. The number of aliphatic hydroxyl groups is 1. The van der Waals surface area contributed by atoms with Crippen LogP contribution in [0.3, 0.4) is 0 Å². The number of hydrogen-bond acceptors (Lipinski definition) is 6. The molecule has 2 bridgehead atoms. The molecule has 0 aromatic heterocycles. The zero-order valence-electron chi connectivity index (χ0n) is 28.8. The molecule has 0 radical (unpaired) electrons. The molecule has 2 aliphatic heterocycles. The maximum Gasteiger partial charge on any atom is 0.308 e. The SMILES string of the molecule is CC(=O)Oc1ccc2c3c1O[C@H]1[C@H](N(CC4CCCCC4)C(=O)CCCCC4CCCCC4)CC[C@H]4[C@@H](C2)N(CC2CC2O)CC[C@@]341. The Morgan fingerprint density at radius 3 is 2.47 bits per heavy atom. The Kier molecular flexibility index (Phi) is 9.09. The number of aliphatic hydroxyl groups excluding tert-OH is 1. The maximum atomic E-state index is 14.5. The molecule has 1 saturated heterocycles. The molecule has 1 amide bonds. The second-order valence-corrected chi connectivity index (χ2v) is 16.7. The lowest BCUT2D eigenvalue weighted by molar-refractivity contribution is -0.144. The van der Waals surface area contributed by atoms with E-state index >= 15 is 0 Å². The van der Waals surface area contributed by atoms with Crippen LogP contribution in [0.15, 0.2) is 12.1 Å². The summed E-state index contributed by atoms with van der Waals surface area (Å²) in [5, 5.41) is 10.2. The normalized spacial score (nSPS) is 34.8. The largest absolute Gasteiger partial charge is 0.483 e. The van der Waals surface area contributed by atoms with Gasteiger partial charge in [0, 0.05) is 49.4 Å². The lowest BCUT2D eigenvalue weighted by atomic mass is 9.51. The molecule has 1 N–H and O–H groups in total. The Morgan fingerprint density at radius 2 is 1.74 bits per heavy atom. The highest BCUT2D eigenvalue weighted by Crippen LogP contribution is 2.64. The van der Waals surface area contributed by atoms with Crippen LogP contribution in [0, 0.1) is 23.7 Å². The van der Waals surface area contributed by atoms with Gasteiger partial charge >= 0.3 is 5.97 Å². The minimum atomic E-state index is -0.320. The van der Waals surface area contributed by atoms with E-state index in [2.05, 4.69) is 15.9 Å². The molecular weight excluding hydrogens is 588 g/mol. The first-order chi connectivity index (χ1) is 22.9. The van der Waals surface area contributed by atoms with Gasteiger partial charge in [-0.2, -0.15) is 0 Å². The summed E-state index contributed by atoms with van der Waals surface area (Å²) < 4.78 is 13.0. The van der Waals surface area contributed by atoms with Crippen LogP contribution in [0.25, 0.3) is 0 Å². The van der Waals surface area contributed by atoms with Gasteiger partial charge in [0.25, 0.3) is 0 Å². The van der Waals surface area contributed by atoms with E-state index in [1.165, 1.54) is 88.7 Å². The van der Waals surface area contributed by atoms with Crippen LogP contribution < -0.4 is 9.47 Å². The second-order valence-electron chi connectivity index (χ2n) is 16.7. The predicted molar refractivity (Wildman–Crippen MR) is 181 cm³/mol. The molecule has 7 nitrogen and oxygen atoms in total. The summed E-state index contributed by atoms with van der Waals surface area (Å²) in [4.78, 5) is 31.7. The highest BCUT2D eigenvalue weighted by atomic mass is 16.6. The summed E-state index contributed by atoms with van der Waals surface area (Å²) in [7, 11) is 0. The van der Waals surface area contributed by atoms with Gasteiger partial charge in [0.05, 0.1) is 12.1 Å². The lowest BCUT2D eigenvalue weighted by Crippen LogP contribution is -2.69. The van der Waals surface area contributed by atoms with Crippen molar-refractivity contribution in [2.45, 2.75) is 159 Å². The number of hydrogen-bond donors (Lipinski definition) is 1. The van der Waals surface area contributed by atoms with E-state index in [0.29, 0.717) is 41.9 Å². The van der Waals surface area contributed by atoms with Crippen molar-refractivity contribution in [1.82, 2.24) is 9.80 Å². The molecule has 2 heterocycles. The molecule has 7 atom stereocenters. The maximum absolute atomic E-state index is 14.5. The third-order valence-corrected chi connectivity index (χ3v) is 13.9. The van der Waals surface area contributed by atoms with Crippen LogP contribution in [0.2, 0.25) is 0 Å². The Morgan fingerprint density at radius 1 is 1.00 bits per heavy atom. The number of amides is 1. The van der Waals surface area contributed by atoms with E-state index in [0.717, 1.165) is 76.2 Å². The van der Waals surface area contributed by atoms with Crippen LogP contribution in [0.5, 0.6) is 11.5 Å². The Bertz CT molecular complexity index is 1320. The number of unbranched alkanes of at least 4 members (excludes halogenated alkanes) is 1. The van der Waals surface area contributed by atoms with Gasteiger partial charge in [-0.3, -0.25) is 14.5 Å². The number of rotatable bonds is 11. The zero-order chi connectivity index (χ0) is 32.1. The highest BCUT2D eigenvalue weighted by molar-refractivity contribution is 5.77. The van der Waals surface area contributed by atoms with E-state index in [1.54, 1.807) is 0 Å². The fraction of sp³-hybridized carbons (Fsp3) is 0.800. The number of nitrogens with zero attached hydrogens (tertiary/aromatic N) is 2. The molecule has 5 fully saturated rings. The van der Waals surface area contributed by atoms with Crippen molar-refractivity contribution in [3.8, 4) is 11.5 Å². The van der Waals surface area contributed by atoms with Gasteiger partial charge < -0.3 is 19.5 Å². The Balaban J connectivity index is 1.09. The van der Waals surface area contributed by atoms with Crippen LogP contribution in [0.1, 0.15) is 134 Å². The van der Waals surface area contributed by atoms with E-state index in [-0.39, 0.29) is 29.6 Å². The van der Waals surface area contributed by atoms with Crippen molar-refractivity contribution in [3.63, 3.8) is 0 Å². The molecule has 8 rings (SSSR count). The van der Waals surface area contributed by atoms with Gasteiger partial charge in [-0.1, -0.05) is 70.3 Å². The molecule has 7 heteroatoms. The molecule has 5 aliphatic carbocycles. The third kappa shape index (κ3) is 6.04. The van der Waals surface area contributed by atoms with Crippen molar-refractivity contribution in [2.24, 2.45) is 23.7 Å². The van der Waals surface area contributed by atoms with Gasteiger partial charge in [0.2, 0.25) is 5.91 Å². The van der Waals surface area contributed by atoms with Crippen LogP contribution in [-0.2, 0) is 21.4 Å². The number of ether oxygens (including phenoxy) is 2. The van der Waals surface area contributed by atoms with E-state index in [9.17, 15) is 14.7 Å². The summed E-state index contributed by atoms with van der Waals surface area (Å²) in [6.07, 6.45) is 22.0. The van der Waals surface area contributed by atoms with Crippen molar-refractivity contribution in [3.05, 3.63) is 23.3 Å². The molecule has 7 aliphatic rings. The summed E-state index contributed by atoms with van der Waals surface area (Å²) in [5.74, 6) is 3.63. The minimum Gasteiger partial charge on any atom is -0.483 e. The fourth-order valence-corrected chi connectivity index (χ4v) is 11.5. The van der Waals surface area contributed by atoms with Crippen LogP contribution >= 0.6 is 0 Å². The number of carbonyl (C=O) groups excluding carboxylic acids is 2. The minimum absolute atomic E-state index is 0.0417. The molecule has 4 saturated carbocycles. The quantitative estimate of drug-likeness (QED) is 0.159. The van der Waals surface area contributed by atoms with Crippen molar-refractivity contribution in [1.29, 1.82) is 0 Å². The third-order valence-electron chi connectivity index (χ3n) is 13.9. The highest BCUT2D eigenvalue weighted by Gasteiger charge is 2.67. The van der Waals surface area contributed by atoms with Gasteiger partial charge in [-0.15, -0.1) is 0 Å². The first kappa shape index (κ1) is 32.1. The molecule has 258 valence electrons. The number of benzene rings is 1. The number of esters is 1. The predicted octanol–water partition coefficient (Wildman–Crippen LogP) is 6.95. The van der Waals surface area contributed by atoms with E-state index in [1.807, 2.05) is 6.07 Å². The molecule has 47 heavy (non-hydrogen) atoms. The van der Waals surface area contributed by atoms with Crippen LogP contribution in [0.4, 0.5) is 0 Å². The number of likely N-dealkylation sites (tertiary alicyclic amines) is 1. The van der Waals surface area contributed by atoms with Crippen molar-refractivity contribution < 1.29 is 24.2 Å². The average Bonchev–Trinajstić information content (AvgIpc) is 3.66. The second kappa shape index (κ2) is 13.3. The lowest BCUT2D eigenvalue weighted by Gasteiger charge is -2.60. The Labute approximate surface area is 282 Å². The fourth-order valence-electron chi connectivity index (χ4n) is 11.5. The smallest absolute Gasteiger partial charge is 0.308 e. The molecule has 1 aromatic rings. The summed E-state index contributed by atoms with van der Waals surface area (Å²) in [6, 6.07) is 4.59. The molecular formula is C40H58N2O5. The first-order valence-electron chi connectivity index (χ1n) is 19.7. The van der Waals surface area contributed by atoms with Crippen LogP contribution in [-0.4, -0.2) is 70.7 Å². The summed E-state index contributed by atoms with van der Waals surface area (Å²) >= 11 is 0. The average molecular weight is 647 g/mol. The molecule has 1 aromatic carbocycles. The zero-order valence-corrected chi connectivity index (χ0v) is 28.8. The number of carbonyl (C=O) groups is 2. The van der Waals surface area contributed by atoms with Gasteiger partial charge in [0.15, 0.2) is 11.5 Å². The standard InChI is InChI=1S/C40H58N2O5/c1-26(43)46-35-19-16-29-22-33-31-17-18-32(39-40(31,37(29)38(35)47-39)20-21-41(33)25-30-23-34(30)44)42(24-28-13-6-3-7-14-28)36(45)15-9-8-12-27-10-4-2-5-11-27/h16,19,27-28,30-34,39,44H,2-15,17-18,20-25H2,1H3/t30?,31-,32+,33+,34?,39-,40-/m0/s1. The van der Waals surface area contributed by atoms with Gasteiger partial charge in [0.1, 0.15) is 6.10 Å². The topological polar surface area (TPSA) is 79.3 Å². The van der Waals surface area contributed by atoms with Crippen molar-refractivity contribution >= 4 is 11.9 Å². The molecule has 1 spiro atoms. The summed E-state index contributed by atoms with van der Waals surface area (Å²) in [6.45, 7) is 4.30. The van der Waals surface area contributed by atoms with E-state index < -0.39 is 0 Å². The number of piperidine rings is 1. The van der Waals surface area contributed by atoms with Gasteiger partial charge in [-0.05, 0) is 87.3 Å².